The number of rotatable bonds is 4. The van der Waals surface area contributed by atoms with Crippen LogP contribution in [0.25, 0.3) is 0 Å². The zero-order valence-corrected chi connectivity index (χ0v) is 12.8. The monoisotopic (exact) mass is 263 g/mol. The molecule has 0 aromatic heterocycles. The van der Waals surface area contributed by atoms with Crippen molar-refractivity contribution < 1.29 is 4.39 Å². The van der Waals surface area contributed by atoms with E-state index in [4.69, 9.17) is 0 Å². The normalized spacial score (nSPS) is 25.2. The Morgan fingerprint density at radius 2 is 1.74 bits per heavy atom. The number of nitrogens with one attached hydrogen (secondary N) is 1. The third-order valence-corrected chi connectivity index (χ3v) is 5.39. The van der Waals surface area contributed by atoms with Crippen LogP contribution < -0.4 is 5.32 Å². The van der Waals surface area contributed by atoms with Gasteiger partial charge in [-0.1, -0.05) is 26.0 Å². The van der Waals surface area contributed by atoms with Crippen LogP contribution in [0.1, 0.15) is 55.7 Å². The van der Waals surface area contributed by atoms with E-state index in [0.29, 0.717) is 17.4 Å². The van der Waals surface area contributed by atoms with Gasteiger partial charge >= 0.3 is 0 Å². The molecule has 1 nitrogen and oxygen atoms in total. The van der Waals surface area contributed by atoms with Crippen LogP contribution >= 0.6 is 0 Å². The van der Waals surface area contributed by atoms with E-state index in [1.807, 2.05) is 13.8 Å². The van der Waals surface area contributed by atoms with Crippen molar-refractivity contribution in [3.63, 3.8) is 0 Å². The van der Waals surface area contributed by atoms with Crippen LogP contribution in [-0.4, -0.2) is 13.1 Å². The van der Waals surface area contributed by atoms with Gasteiger partial charge in [-0.25, -0.2) is 4.39 Å². The fraction of sp³-hybridized carbons (Fsp3) is 0.647. The Kier molecular flexibility index (Phi) is 4.00. The Labute approximate surface area is 116 Å². The summed E-state index contributed by atoms with van der Waals surface area (Å²) in [5.74, 6) is 0.518. The Bertz CT molecular complexity index is 439. The van der Waals surface area contributed by atoms with Crippen molar-refractivity contribution in [3.05, 3.63) is 34.6 Å². The third-order valence-electron chi connectivity index (χ3n) is 5.39. The summed E-state index contributed by atoms with van der Waals surface area (Å²) in [4.78, 5) is 0. The van der Waals surface area contributed by atoms with Crippen molar-refractivity contribution in [2.24, 2.45) is 5.41 Å². The first-order chi connectivity index (χ1) is 9.00. The zero-order chi connectivity index (χ0) is 14.2. The molecule has 1 aromatic carbocycles. The first-order valence-corrected chi connectivity index (χ1v) is 7.44. The summed E-state index contributed by atoms with van der Waals surface area (Å²) in [6.45, 7) is 8.31. The van der Waals surface area contributed by atoms with Crippen molar-refractivity contribution in [2.75, 3.05) is 7.05 Å². The molecule has 1 aromatic rings. The topological polar surface area (TPSA) is 12.0 Å². The van der Waals surface area contributed by atoms with Gasteiger partial charge in [-0.05, 0) is 68.2 Å². The van der Waals surface area contributed by atoms with Crippen LogP contribution in [0.3, 0.4) is 0 Å². The van der Waals surface area contributed by atoms with Crippen LogP contribution in [0.2, 0.25) is 0 Å². The largest absolute Gasteiger partial charge is 0.316 e. The SMILES string of the molecule is CCC1(CC)C(NC)CC1c1cc(C)c(F)c(C)c1. The van der Waals surface area contributed by atoms with Crippen molar-refractivity contribution >= 4 is 0 Å². The summed E-state index contributed by atoms with van der Waals surface area (Å²) < 4.78 is 13.8. The second-order valence-corrected chi connectivity index (χ2v) is 6.04. The highest BCUT2D eigenvalue weighted by atomic mass is 19.1. The smallest absolute Gasteiger partial charge is 0.129 e. The highest BCUT2D eigenvalue weighted by Crippen LogP contribution is 2.57. The molecular weight excluding hydrogens is 237 g/mol. The summed E-state index contributed by atoms with van der Waals surface area (Å²) in [7, 11) is 2.06. The van der Waals surface area contributed by atoms with Crippen LogP contribution in [0.5, 0.6) is 0 Å². The number of hydrogen-bond donors (Lipinski definition) is 1. The Balaban J connectivity index is 2.38. The molecule has 1 aliphatic rings. The zero-order valence-electron chi connectivity index (χ0n) is 12.8. The number of benzene rings is 1. The number of hydrogen-bond acceptors (Lipinski definition) is 1. The van der Waals surface area contributed by atoms with Crippen molar-refractivity contribution in [3.8, 4) is 0 Å². The lowest BCUT2D eigenvalue weighted by molar-refractivity contribution is 0.0245. The average Bonchev–Trinajstić information content (AvgIpc) is 2.37. The third kappa shape index (κ3) is 2.10. The minimum atomic E-state index is -0.0492. The fourth-order valence-electron chi connectivity index (χ4n) is 4.08. The maximum atomic E-state index is 13.8. The predicted molar refractivity (Wildman–Crippen MR) is 79.1 cm³/mol. The van der Waals surface area contributed by atoms with Crippen molar-refractivity contribution in [1.29, 1.82) is 0 Å². The molecule has 19 heavy (non-hydrogen) atoms. The van der Waals surface area contributed by atoms with Crippen LogP contribution in [0.4, 0.5) is 4.39 Å². The van der Waals surface area contributed by atoms with Gasteiger partial charge in [0.1, 0.15) is 5.82 Å². The fourth-order valence-corrected chi connectivity index (χ4v) is 4.08. The van der Waals surface area contributed by atoms with E-state index < -0.39 is 0 Å². The quantitative estimate of drug-likeness (QED) is 0.853. The molecule has 106 valence electrons. The van der Waals surface area contributed by atoms with E-state index in [9.17, 15) is 4.39 Å². The van der Waals surface area contributed by atoms with Gasteiger partial charge in [0, 0.05) is 6.04 Å². The molecule has 1 N–H and O–H groups in total. The maximum absolute atomic E-state index is 13.8. The molecule has 0 heterocycles. The van der Waals surface area contributed by atoms with Gasteiger partial charge in [0.05, 0.1) is 0 Å². The molecule has 2 atom stereocenters. The molecule has 0 radical (unpaired) electrons. The van der Waals surface area contributed by atoms with E-state index in [-0.39, 0.29) is 5.82 Å². The molecule has 2 heteroatoms. The molecular formula is C17H26FN. The maximum Gasteiger partial charge on any atom is 0.129 e. The summed E-state index contributed by atoms with van der Waals surface area (Å²) in [6, 6.07) is 4.70. The molecule has 0 bridgehead atoms. The van der Waals surface area contributed by atoms with Gasteiger partial charge in [0.25, 0.3) is 0 Å². The first kappa shape index (κ1) is 14.5. The highest BCUT2D eigenvalue weighted by Gasteiger charge is 2.52. The molecule has 0 spiro atoms. The minimum absolute atomic E-state index is 0.0492. The van der Waals surface area contributed by atoms with Crippen LogP contribution in [0, 0.1) is 25.1 Å². The molecule has 1 aliphatic carbocycles. The van der Waals surface area contributed by atoms with Crippen LogP contribution in [-0.2, 0) is 0 Å². The first-order valence-electron chi connectivity index (χ1n) is 7.44. The van der Waals surface area contributed by atoms with Gasteiger partial charge in [-0.3, -0.25) is 0 Å². The van der Waals surface area contributed by atoms with Gasteiger partial charge in [0.2, 0.25) is 0 Å². The summed E-state index contributed by atoms with van der Waals surface area (Å²) in [5, 5.41) is 3.46. The van der Waals surface area contributed by atoms with E-state index in [0.717, 1.165) is 11.1 Å². The molecule has 0 amide bonds. The van der Waals surface area contributed by atoms with Gasteiger partial charge < -0.3 is 5.32 Å². The molecule has 2 unspecified atom stereocenters. The Morgan fingerprint density at radius 3 is 2.16 bits per heavy atom. The lowest BCUT2D eigenvalue weighted by atomic mass is 9.51. The van der Waals surface area contributed by atoms with Gasteiger partial charge in [-0.15, -0.1) is 0 Å². The molecule has 2 rings (SSSR count). The Morgan fingerprint density at radius 1 is 1.21 bits per heavy atom. The number of halogens is 1. The van der Waals surface area contributed by atoms with E-state index in [2.05, 4.69) is 38.3 Å². The summed E-state index contributed by atoms with van der Waals surface area (Å²) in [6.07, 6.45) is 3.52. The second-order valence-electron chi connectivity index (χ2n) is 6.04. The minimum Gasteiger partial charge on any atom is -0.316 e. The van der Waals surface area contributed by atoms with E-state index >= 15 is 0 Å². The van der Waals surface area contributed by atoms with Crippen LogP contribution in [0.15, 0.2) is 12.1 Å². The molecule has 0 aliphatic heterocycles. The predicted octanol–water partition coefficient (Wildman–Crippen LogP) is 4.32. The van der Waals surface area contributed by atoms with Gasteiger partial charge in [-0.2, -0.15) is 0 Å². The average molecular weight is 263 g/mol. The summed E-state index contributed by atoms with van der Waals surface area (Å²) >= 11 is 0. The van der Waals surface area contributed by atoms with Crippen molar-refractivity contribution in [2.45, 2.75) is 58.9 Å². The molecule has 1 saturated carbocycles. The highest BCUT2D eigenvalue weighted by molar-refractivity contribution is 5.36. The molecule has 0 saturated heterocycles. The van der Waals surface area contributed by atoms with E-state index in [1.165, 1.54) is 24.8 Å². The molecule has 1 fully saturated rings. The van der Waals surface area contributed by atoms with Crippen molar-refractivity contribution in [1.82, 2.24) is 5.32 Å². The second kappa shape index (κ2) is 5.24. The van der Waals surface area contributed by atoms with Gasteiger partial charge in [0.15, 0.2) is 0 Å². The summed E-state index contributed by atoms with van der Waals surface area (Å²) in [5.41, 5.74) is 3.23. The lowest BCUT2D eigenvalue weighted by Gasteiger charge is -2.56. The lowest BCUT2D eigenvalue weighted by Crippen LogP contribution is -2.57. The Hall–Kier alpha value is -0.890. The van der Waals surface area contributed by atoms with E-state index in [1.54, 1.807) is 0 Å². The standard InChI is InChI=1S/C17H26FN/c1-6-17(7-2)14(10-15(17)19-5)13-8-11(3)16(18)12(4)9-13/h8-9,14-15,19H,6-7,10H2,1-5H3. The number of aryl methyl sites for hydroxylation is 2.